The number of amidine groups is 1. The lowest BCUT2D eigenvalue weighted by Crippen LogP contribution is -2.31. The topological polar surface area (TPSA) is 45.1 Å². The zero-order valence-electron chi connectivity index (χ0n) is 17.5. The number of likely N-dealkylation sites (N-methyl/N-ethyl adjacent to an activating group) is 2. The van der Waals surface area contributed by atoms with Gasteiger partial charge in [0.2, 0.25) is 0 Å². The van der Waals surface area contributed by atoms with Crippen LogP contribution < -0.4 is 9.64 Å². The van der Waals surface area contributed by atoms with E-state index in [0.717, 1.165) is 44.9 Å². The molecule has 1 fully saturated rings. The highest BCUT2D eigenvalue weighted by molar-refractivity contribution is 8.18. The van der Waals surface area contributed by atoms with Crippen molar-refractivity contribution in [2.24, 2.45) is 4.99 Å². The number of amides is 1. The van der Waals surface area contributed by atoms with E-state index in [-0.39, 0.29) is 5.91 Å². The molecule has 0 aromatic heterocycles. The highest BCUT2D eigenvalue weighted by Crippen LogP contribution is 2.40. The first-order valence-electron chi connectivity index (χ1n) is 10.1. The van der Waals surface area contributed by atoms with E-state index >= 15 is 0 Å². The molecule has 0 radical (unpaired) electrons. The summed E-state index contributed by atoms with van der Waals surface area (Å²) in [7, 11) is 1.67. The second-order valence-electron chi connectivity index (χ2n) is 6.95. The van der Waals surface area contributed by atoms with Gasteiger partial charge in [0.1, 0.15) is 10.7 Å². The molecule has 2 aromatic rings. The third-order valence-electron chi connectivity index (χ3n) is 5.21. The summed E-state index contributed by atoms with van der Waals surface area (Å²) in [6, 6.07) is 16.1. The Balaban J connectivity index is 1.69. The van der Waals surface area contributed by atoms with Crippen LogP contribution >= 0.6 is 11.8 Å². The lowest BCUT2D eigenvalue weighted by molar-refractivity contribution is -0.122. The lowest BCUT2D eigenvalue weighted by Gasteiger charge is -2.30. The number of hydrogen-bond donors (Lipinski definition) is 0. The molecule has 30 heavy (non-hydrogen) atoms. The Bertz CT molecular complexity index is 1040. The average molecular weight is 420 g/mol. The first-order valence-corrected chi connectivity index (χ1v) is 10.9. The van der Waals surface area contributed by atoms with Gasteiger partial charge in [0.25, 0.3) is 5.91 Å². The fraction of sp³-hybridized carbons (Fsp3) is 0.250. The maximum absolute atomic E-state index is 13.2. The van der Waals surface area contributed by atoms with Crippen LogP contribution in [0.2, 0.25) is 0 Å². The van der Waals surface area contributed by atoms with Gasteiger partial charge in [0, 0.05) is 24.3 Å². The van der Waals surface area contributed by atoms with Gasteiger partial charge >= 0.3 is 0 Å². The van der Waals surface area contributed by atoms with E-state index in [0.29, 0.717) is 13.1 Å². The number of aliphatic imine (C=N–C) groups is 1. The van der Waals surface area contributed by atoms with Crippen LogP contribution in [0.1, 0.15) is 25.0 Å². The molecule has 5 nitrogen and oxygen atoms in total. The van der Waals surface area contributed by atoms with Crippen LogP contribution in [0.25, 0.3) is 6.08 Å². The van der Waals surface area contributed by atoms with E-state index in [4.69, 9.17) is 9.73 Å². The van der Waals surface area contributed by atoms with Gasteiger partial charge in [-0.25, -0.2) is 0 Å². The zero-order valence-corrected chi connectivity index (χ0v) is 18.3. The van der Waals surface area contributed by atoms with Crippen LogP contribution in [0, 0.1) is 0 Å². The molecule has 4 rings (SSSR count). The van der Waals surface area contributed by atoms with E-state index in [1.165, 1.54) is 11.8 Å². The van der Waals surface area contributed by atoms with E-state index in [1.54, 1.807) is 12.0 Å². The van der Waals surface area contributed by atoms with Crippen LogP contribution in [0.15, 0.2) is 70.2 Å². The fourth-order valence-electron chi connectivity index (χ4n) is 3.67. The molecule has 0 unspecified atom stereocenters. The first-order chi connectivity index (χ1) is 14.7. The largest absolute Gasteiger partial charge is 0.497 e. The minimum Gasteiger partial charge on any atom is -0.497 e. The van der Waals surface area contributed by atoms with Gasteiger partial charge in [-0.05, 0) is 55.4 Å². The minimum absolute atomic E-state index is 0.0179. The summed E-state index contributed by atoms with van der Waals surface area (Å²) in [5, 5.41) is 0.763. The van der Waals surface area contributed by atoms with Crippen molar-refractivity contribution in [2.75, 3.05) is 25.1 Å². The molecule has 0 saturated carbocycles. The number of anilines is 1. The summed E-state index contributed by atoms with van der Waals surface area (Å²) in [6.45, 7) is 6.00. The van der Waals surface area contributed by atoms with Crippen molar-refractivity contribution in [3.8, 4) is 5.75 Å². The summed E-state index contributed by atoms with van der Waals surface area (Å²) < 4.78 is 5.35. The summed E-state index contributed by atoms with van der Waals surface area (Å²) in [5.74, 6) is 0.841. The molecule has 0 spiro atoms. The third-order valence-corrected chi connectivity index (χ3v) is 6.33. The predicted octanol–water partition coefficient (Wildman–Crippen LogP) is 4.91. The lowest BCUT2D eigenvalue weighted by atomic mass is 10.0. The summed E-state index contributed by atoms with van der Waals surface area (Å²) in [5.41, 5.74) is 4.22. The monoisotopic (exact) mass is 419 g/mol. The quantitative estimate of drug-likeness (QED) is 0.646. The minimum atomic E-state index is 0.0179. The number of ether oxygens (including phenoxy) is 1. The van der Waals surface area contributed by atoms with Crippen molar-refractivity contribution >= 4 is 34.6 Å². The van der Waals surface area contributed by atoms with Crippen molar-refractivity contribution in [2.45, 2.75) is 20.4 Å². The molecule has 1 saturated heterocycles. The Morgan fingerprint density at radius 1 is 1.00 bits per heavy atom. The second-order valence-corrected chi connectivity index (χ2v) is 7.93. The number of hydrogen-bond acceptors (Lipinski definition) is 5. The molecule has 0 aliphatic carbocycles. The van der Waals surface area contributed by atoms with E-state index < -0.39 is 0 Å². The predicted molar refractivity (Wildman–Crippen MR) is 125 cm³/mol. The third kappa shape index (κ3) is 3.75. The van der Waals surface area contributed by atoms with Gasteiger partial charge in [-0.2, -0.15) is 0 Å². The molecule has 1 amide bonds. The molecule has 2 aliphatic heterocycles. The van der Waals surface area contributed by atoms with Crippen LogP contribution in [0.4, 0.5) is 5.69 Å². The Kier molecular flexibility index (Phi) is 5.95. The van der Waals surface area contributed by atoms with Crippen molar-refractivity contribution in [1.82, 2.24) is 4.90 Å². The molecule has 0 atom stereocenters. The van der Waals surface area contributed by atoms with E-state index in [1.807, 2.05) is 49.4 Å². The van der Waals surface area contributed by atoms with Gasteiger partial charge < -0.3 is 9.64 Å². The molecular weight excluding hydrogens is 394 g/mol. The number of fused-ring (bicyclic) bond motifs is 1. The maximum Gasteiger partial charge on any atom is 0.268 e. The van der Waals surface area contributed by atoms with Crippen LogP contribution in [-0.4, -0.2) is 36.2 Å². The fourth-order valence-corrected chi connectivity index (χ4v) is 4.78. The van der Waals surface area contributed by atoms with Gasteiger partial charge in [-0.1, -0.05) is 36.4 Å². The maximum atomic E-state index is 13.2. The molecule has 0 N–H and O–H groups in total. The Morgan fingerprint density at radius 3 is 2.47 bits per heavy atom. The molecule has 6 heteroatoms. The highest BCUT2D eigenvalue weighted by Gasteiger charge is 2.36. The SMILES string of the molecule is CCN1C(=O)/C(=C2/C=Cc3cc(OC)ccc3N2CC)SC1=NCc1ccccc1. The standard InChI is InChI=1S/C24H25N3O2S/c1-4-26-20-14-12-19(29-3)15-18(20)11-13-21(26)22-23(28)27(5-2)24(30-22)25-16-17-9-7-6-8-10-17/h6-15H,4-5,16H2,1-3H3/b22-21+,25-24?. The second kappa shape index (κ2) is 8.79. The van der Waals surface area contributed by atoms with Crippen LogP contribution in [0.3, 0.4) is 0 Å². The summed E-state index contributed by atoms with van der Waals surface area (Å²) >= 11 is 1.47. The van der Waals surface area contributed by atoms with Gasteiger partial charge in [0.05, 0.1) is 19.4 Å². The van der Waals surface area contributed by atoms with Crippen molar-refractivity contribution in [3.05, 3.63) is 76.3 Å². The summed E-state index contributed by atoms with van der Waals surface area (Å²) in [6.07, 6.45) is 4.08. The van der Waals surface area contributed by atoms with E-state index in [9.17, 15) is 4.79 Å². The number of thioether (sulfide) groups is 1. The molecule has 2 heterocycles. The van der Waals surface area contributed by atoms with Crippen molar-refractivity contribution in [1.29, 1.82) is 0 Å². The Labute approximate surface area is 181 Å². The number of benzene rings is 2. The molecule has 2 aromatic carbocycles. The number of nitrogens with zero attached hydrogens (tertiary/aromatic N) is 3. The Hall–Kier alpha value is -2.99. The smallest absolute Gasteiger partial charge is 0.268 e. The molecule has 0 bridgehead atoms. The van der Waals surface area contributed by atoms with E-state index in [2.05, 4.69) is 30.0 Å². The number of carbonyl (C=O) groups is 1. The van der Waals surface area contributed by atoms with Crippen molar-refractivity contribution < 1.29 is 9.53 Å². The van der Waals surface area contributed by atoms with Crippen LogP contribution in [-0.2, 0) is 11.3 Å². The van der Waals surface area contributed by atoms with Gasteiger partial charge in [0.15, 0.2) is 5.17 Å². The normalized spacial score (nSPS) is 19.6. The average Bonchev–Trinajstić information content (AvgIpc) is 3.12. The van der Waals surface area contributed by atoms with Gasteiger partial charge in [-0.15, -0.1) is 0 Å². The van der Waals surface area contributed by atoms with Crippen molar-refractivity contribution in [3.63, 3.8) is 0 Å². The summed E-state index contributed by atoms with van der Waals surface area (Å²) in [4.78, 5) is 22.6. The Morgan fingerprint density at radius 2 is 1.77 bits per heavy atom. The molecule has 154 valence electrons. The van der Waals surface area contributed by atoms with Crippen LogP contribution in [0.5, 0.6) is 5.75 Å². The van der Waals surface area contributed by atoms with Gasteiger partial charge in [-0.3, -0.25) is 14.7 Å². The zero-order chi connectivity index (χ0) is 21.1. The number of carbonyl (C=O) groups excluding carboxylic acids is 1. The highest BCUT2D eigenvalue weighted by atomic mass is 32.2. The molecular formula is C24H25N3O2S. The number of rotatable bonds is 5. The number of allylic oxidation sites excluding steroid dienone is 1. The first kappa shape index (κ1) is 20.3. The molecule has 2 aliphatic rings. The number of methoxy groups -OCH3 is 1.